The highest BCUT2D eigenvalue weighted by molar-refractivity contribution is 7.80. The summed E-state index contributed by atoms with van der Waals surface area (Å²) in [6, 6.07) is 15.0. The largest absolute Gasteiger partial charge is 0.462 e. The van der Waals surface area contributed by atoms with E-state index in [2.05, 4.69) is 17.6 Å². The van der Waals surface area contributed by atoms with Gasteiger partial charge >= 0.3 is 5.97 Å². The molecule has 0 aromatic heterocycles. The number of unbranched alkanes of at least 4 members (excludes halogenated alkanes) is 1. The van der Waals surface area contributed by atoms with Gasteiger partial charge in [0.15, 0.2) is 5.11 Å². The summed E-state index contributed by atoms with van der Waals surface area (Å²) in [5.74, 6) is -0.296. The zero-order valence-electron chi connectivity index (χ0n) is 14.0. The lowest BCUT2D eigenvalue weighted by molar-refractivity contribution is 0.0500. The number of anilines is 2. The predicted octanol–water partition coefficient (Wildman–Crippen LogP) is 4.76. The summed E-state index contributed by atoms with van der Waals surface area (Å²) in [6.45, 7) is 4.54. The van der Waals surface area contributed by atoms with Crippen LogP contribution in [0.25, 0.3) is 0 Å². The normalized spacial score (nSPS) is 10.1. The molecule has 0 fully saturated rings. The van der Waals surface area contributed by atoms with Crippen LogP contribution in [0.1, 0.15) is 35.7 Å². The fourth-order valence-corrected chi connectivity index (χ4v) is 2.33. The van der Waals surface area contributed by atoms with Crippen molar-refractivity contribution >= 4 is 34.7 Å². The fraction of sp³-hybridized carbons (Fsp3) is 0.263. The first-order valence-corrected chi connectivity index (χ1v) is 8.41. The van der Waals surface area contributed by atoms with Crippen molar-refractivity contribution in [1.29, 1.82) is 0 Å². The summed E-state index contributed by atoms with van der Waals surface area (Å²) in [6.07, 6.45) is 1.88. The number of hydrogen-bond acceptors (Lipinski definition) is 3. The molecule has 2 aromatic carbocycles. The molecule has 0 aliphatic rings. The van der Waals surface area contributed by atoms with E-state index < -0.39 is 0 Å². The average molecular weight is 342 g/mol. The first-order valence-electron chi connectivity index (χ1n) is 8.00. The van der Waals surface area contributed by atoms with Crippen molar-refractivity contribution in [3.05, 3.63) is 59.7 Å². The van der Waals surface area contributed by atoms with Crippen LogP contribution in [-0.2, 0) is 4.74 Å². The Morgan fingerprint density at radius 2 is 1.79 bits per heavy atom. The Labute approximate surface area is 148 Å². The van der Waals surface area contributed by atoms with Gasteiger partial charge in [-0.1, -0.05) is 25.5 Å². The molecular formula is C19H22N2O2S. The van der Waals surface area contributed by atoms with Crippen molar-refractivity contribution in [2.75, 3.05) is 17.2 Å². The second-order valence-corrected chi connectivity index (χ2v) is 5.92. The molecule has 2 aromatic rings. The first-order chi connectivity index (χ1) is 11.6. The maximum Gasteiger partial charge on any atom is 0.338 e. The lowest BCUT2D eigenvalue weighted by atomic mass is 10.2. The van der Waals surface area contributed by atoms with Gasteiger partial charge in [-0.3, -0.25) is 0 Å². The number of benzene rings is 2. The molecule has 5 heteroatoms. The molecule has 2 N–H and O–H groups in total. The standard InChI is InChI=1S/C19H22N2O2S/c1-3-4-12-23-18(22)15-8-10-16(11-9-15)20-19(24)21-17-7-5-6-14(2)13-17/h5-11,13H,3-4,12H2,1-2H3,(H2,20,21,24). The Kier molecular flexibility index (Phi) is 6.75. The van der Waals surface area contributed by atoms with Crippen molar-refractivity contribution in [1.82, 2.24) is 0 Å². The minimum Gasteiger partial charge on any atom is -0.462 e. The van der Waals surface area contributed by atoms with E-state index in [1.165, 1.54) is 0 Å². The molecule has 0 radical (unpaired) electrons. The third-order valence-electron chi connectivity index (χ3n) is 3.39. The minimum atomic E-state index is -0.296. The summed E-state index contributed by atoms with van der Waals surface area (Å²) in [4.78, 5) is 11.8. The average Bonchev–Trinajstić information content (AvgIpc) is 2.55. The van der Waals surface area contributed by atoms with E-state index in [1.54, 1.807) is 24.3 Å². The first kappa shape index (κ1) is 17.9. The van der Waals surface area contributed by atoms with Gasteiger partial charge in [-0.2, -0.15) is 0 Å². The van der Waals surface area contributed by atoms with Crippen LogP contribution < -0.4 is 10.6 Å². The number of nitrogens with one attached hydrogen (secondary N) is 2. The Balaban J connectivity index is 1.89. The summed E-state index contributed by atoms with van der Waals surface area (Å²) >= 11 is 5.30. The van der Waals surface area contributed by atoms with Crippen molar-refractivity contribution in [2.45, 2.75) is 26.7 Å². The van der Waals surface area contributed by atoms with E-state index >= 15 is 0 Å². The summed E-state index contributed by atoms with van der Waals surface area (Å²) in [5.41, 5.74) is 3.44. The van der Waals surface area contributed by atoms with Gasteiger partial charge in [0.05, 0.1) is 12.2 Å². The quantitative estimate of drug-likeness (QED) is 0.450. The number of esters is 1. The Bertz CT molecular complexity index is 699. The van der Waals surface area contributed by atoms with Gasteiger partial charge in [0.1, 0.15) is 0 Å². The molecule has 0 bridgehead atoms. The summed E-state index contributed by atoms with van der Waals surface area (Å²) in [5, 5.41) is 6.73. The van der Waals surface area contributed by atoms with Crippen molar-refractivity contribution in [3.63, 3.8) is 0 Å². The van der Waals surface area contributed by atoms with E-state index in [4.69, 9.17) is 17.0 Å². The van der Waals surface area contributed by atoms with Crippen LogP contribution >= 0.6 is 12.2 Å². The van der Waals surface area contributed by atoms with E-state index in [0.717, 1.165) is 29.8 Å². The van der Waals surface area contributed by atoms with Gasteiger partial charge in [0, 0.05) is 11.4 Å². The number of ether oxygens (including phenoxy) is 1. The van der Waals surface area contributed by atoms with Crippen LogP contribution in [0.2, 0.25) is 0 Å². The van der Waals surface area contributed by atoms with Gasteiger partial charge in [0.25, 0.3) is 0 Å². The lowest BCUT2D eigenvalue weighted by Crippen LogP contribution is -2.19. The topological polar surface area (TPSA) is 50.4 Å². The van der Waals surface area contributed by atoms with E-state index in [0.29, 0.717) is 17.3 Å². The Morgan fingerprint density at radius 3 is 2.46 bits per heavy atom. The summed E-state index contributed by atoms with van der Waals surface area (Å²) in [7, 11) is 0. The van der Waals surface area contributed by atoms with Gasteiger partial charge in [-0.15, -0.1) is 0 Å². The number of rotatable bonds is 6. The fourth-order valence-electron chi connectivity index (χ4n) is 2.10. The highest BCUT2D eigenvalue weighted by atomic mass is 32.1. The Hall–Kier alpha value is -2.40. The SMILES string of the molecule is CCCCOC(=O)c1ccc(NC(=S)Nc2cccc(C)c2)cc1. The highest BCUT2D eigenvalue weighted by Crippen LogP contribution is 2.13. The number of carbonyl (C=O) groups excluding carboxylic acids is 1. The van der Waals surface area contributed by atoms with Crippen molar-refractivity contribution in [2.24, 2.45) is 0 Å². The number of thiocarbonyl (C=S) groups is 1. The highest BCUT2D eigenvalue weighted by Gasteiger charge is 2.07. The molecule has 0 unspecified atom stereocenters. The van der Waals surface area contributed by atoms with E-state index in [-0.39, 0.29) is 5.97 Å². The van der Waals surface area contributed by atoms with Crippen LogP contribution in [-0.4, -0.2) is 17.7 Å². The molecule has 0 spiro atoms. The van der Waals surface area contributed by atoms with Gasteiger partial charge in [-0.05, 0) is 67.5 Å². The van der Waals surface area contributed by atoms with Crippen LogP contribution in [0.15, 0.2) is 48.5 Å². The molecule has 0 aliphatic carbocycles. The van der Waals surface area contributed by atoms with Crippen molar-refractivity contribution < 1.29 is 9.53 Å². The molecular weight excluding hydrogens is 320 g/mol. The molecule has 24 heavy (non-hydrogen) atoms. The predicted molar refractivity (Wildman–Crippen MR) is 103 cm³/mol. The zero-order chi connectivity index (χ0) is 17.4. The smallest absolute Gasteiger partial charge is 0.338 e. The third-order valence-corrected chi connectivity index (χ3v) is 3.59. The molecule has 4 nitrogen and oxygen atoms in total. The summed E-state index contributed by atoms with van der Waals surface area (Å²) < 4.78 is 5.18. The van der Waals surface area contributed by atoms with Gasteiger partial charge < -0.3 is 15.4 Å². The lowest BCUT2D eigenvalue weighted by Gasteiger charge is -2.11. The van der Waals surface area contributed by atoms with E-state index in [1.807, 2.05) is 31.2 Å². The number of carbonyl (C=O) groups is 1. The van der Waals surface area contributed by atoms with Crippen LogP contribution in [0.3, 0.4) is 0 Å². The number of aryl methyl sites for hydroxylation is 1. The van der Waals surface area contributed by atoms with Gasteiger partial charge in [0.2, 0.25) is 0 Å². The molecule has 0 heterocycles. The van der Waals surface area contributed by atoms with Crippen LogP contribution in [0.4, 0.5) is 11.4 Å². The second-order valence-electron chi connectivity index (χ2n) is 5.52. The molecule has 2 rings (SSSR count). The van der Waals surface area contributed by atoms with E-state index in [9.17, 15) is 4.79 Å². The third kappa shape index (κ3) is 5.66. The monoisotopic (exact) mass is 342 g/mol. The molecule has 0 saturated carbocycles. The number of hydrogen-bond donors (Lipinski definition) is 2. The van der Waals surface area contributed by atoms with Gasteiger partial charge in [-0.25, -0.2) is 4.79 Å². The molecule has 0 amide bonds. The Morgan fingerprint density at radius 1 is 1.08 bits per heavy atom. The maximum absolute atomic E-state index is 11.8. The molecule has 0 atom stereocenters. The maximum atomic E-state index is 11.8. The minimum absolute atomic E-state index is 0.296. The second kappa shape index (κ2) is 9.03. The van der Waals surface area contributed by atoms with Crippen LogP contribution in [0.5, 0.6) is 0 Å². The molecule has 0 saturated heterocycles. The molecule has 0 aliphatic heterocycles. The molecule has 126 valence electrons. The zero-order valence-corrected chi connectivity index (χ0v) is 14.8. The van der Waals surface area contributed by atoms with Crippen LogP contribution in [0, 0.1) is 6.92 Å². The van der Waals surface area contributed by atoms with Crippen molar-refractivity contribution in [3.8, 4) is 0 Å².